The molecule has 3 heterocycles. The molecule has 3 aromatic rings. The van der Waals surface area contributed by atoms with Crippen LogP contribution in [0, 0.1) is 46.8 Å². The van der Waals surface area contributed by atoms with Crippen molar-refractivity contribution in [1.29, 1.82) is 0 Å². The first-order valence-corrected chi connectivity index (χ1v) is 17.0. The monoisotopic (exact) mass is 838 g/mol. The van der Waals surface area contributed by atoms with Crippen LogP contribution in [0.2, 0.25) is 5.02 Å². The van der Waals surface area contributed by atoms with Crippen molar-refractivity contribution < 1.29 is 64.1 Å². The van der Waals surface area contributed by atoms with Crippen molar-refractivity contribution in [2.75, 3.05) is 24.1 Å². The lowest BCUT2D eigenvalue weighted by atomic mass is 9.56. The summed E-state index contributed by atoms with van der Waals surface area (Å²) in [5.41, 5.74) is -3.69. The highest BCUT2D eigenvalue weighted by atomic mass is 35.5. The maximum atomic E-state index is 15.3. The van der Waals surface area contributed by atoms with Crippen LogP contribution in [-0.4, -0.2) is 62.6 Å². The number of aromatic hydroxyl groups is 1. The number of ether oxygens (including phenoxy) is 1. The summed E-state index contributed by atoms with van der Waals surface area (Å²) in [6, 6.07) is 5.23. The third-order valence-electron chi connectivity index (χ3n) is 10.5. The van der Waals surface area contributed by atoms with Crippen molar-refractivity contribution >= 4 is 69.9 Å². The van der Waals surface area contributed by atoms with Crippen molar-refractivity contribution in [2.24, 2.45) is 17.8 Å². The van der Waals surface area contributed by atoms with Crippen LogP contribution < -0.4 is 14.6 Å². The van der Waals surface area contributed by atoms with Gasteiger partial charge in [-0.1, -0.05) is 35.4 Å². The number of allylic oxidation sites excluding steroid dienone is 2. The van der Waals surface area contributed by atoms with Crippen LogP contribution in [-0.2, 0) is 25.4 Å². The lowest BCUT2D eigenvalue weighted by Crippen LogP contribution is -2.60. The fourth-order valence-electron chi connectivity index (χ4n) is 8.04. The number of fused-ring (bicyclic) bond motifs is 4. The smallest absolute Gasteiger partial charge is 0.433 e. The van der Waals surface area contributed by atoms with E-state index in [1.165, 1.54) is 24.3 Å². The Morgan fingerprint density at radius 3 is 2.13 bits per heavy atom. The van der Waals surface area contributed by atoms with Gasteiger partial charge in [0.05, 0.1) is 24.0 Å². The van der Waals surface area contributed by atoms with Crippen molar-refractivity contribution in [3.8, 4) is 11.5 Å². The number of hydrogen-bond acceptors (Lipinski definition) is 8. The molecule has 2 aromatic carbocycles. The second-order valence-electron chi connectivity index (χ2n) is 13.1. The predicted octanol–water partition coefficient (Wildman–Crippen LogP) is 6.78. The second kappa shape index (κ2) is 12.7. The second-order valence-corrected chi connectivity index (χ2v) is 14.8. The van der Waals surface area contributed by atoms with Crippen LogP contribution in [0.5, 0.6) is 11.5 Å². The number of halogens is 11. The van der Waals surface area contributed by atoms with Gasteiger partial charge in [-0.05, 0) is 37.0 Å². The lowest BCUT2D eigenvalue weighted by Gasteiger charge is -2.50. The van der Waals surface area contributed by atoms with E-state index in [0.717, 1.165) is 20.2 Å². The number of pyridine rings is 1. The SMILES string of the molecule is COc1cccc([C@H]2C3=CC[C@@H]4C(=O)N(N(C)c5nc(C(F)(F)F)ccc5Cl)C(=O)[C@@H]4[C@@H]3C[C@@]3(Cl)C(=O)N(c4c(F)c(F)c(F)c(F)c4F)C(=O)[C@@]23Cl)c1O. The number of para-hydroxylation sites is 1. The Balaban J connectivity index is 1.40. The molecule has 1 aromatic heterocycles. The number of nitrogens with zero attached hydrogens (tertiary/aromatic N) is 4. The normalized spacial score (nSPS) is 27.6. The number of phenols is 1. The standard InChI is InChI=1S/C34H21Cl3F8N4O6/c1-47(27-15(35)8-9-17(46-27)34(43,44)45)49-28(51)12-7-6-11-14(18(12)29(49)52)10-32(36)30(53)48(25-23(41)21(39)20(38)22(40)24(25)42)31(54)33(32,37)19(11)13-4-3-5-16(55-2)26(13)50/h3-6,8-9,12,14,18-19,50H,7,10H2,1-2H3/t12-,14+,18-,19+,32+,33-/m0/s1. The van der Waals surface area contributed by atoms with E-state index < -0.39 is 122 Å². The van der Waals surface area contributed by atoms with E-state index in [1.54, 1.807) is 0 Å². The van der Waals surface area contributed by atoms with Crippen LogP contribution in [0.25, 0.3) is 0 Å². The Morgan fingerprint density at radius 1 is 0.909 bits per heavy atom. The molecule has 0 unspecified atom stereocenters. The Labute approximate surface area is 318 Å². The summed E-state index contributed by atoms with van der Waals surface area (Å²) in [7, 11) is 2.20. The van der Waals surface area contributed by atoms with Gasteiger partial charge in [0.25, 0.3) is 23.6 Å². The summed E-state index contributed by atoms with van der Waals surface area (Å²) in [5.74, 6) is -25.9. The topological polar surface area (TPSA) is 120 Å². The summed E-state index contributed by atoms with van der Waals surface area (Å²) in [5, 5.41) is 12.2. The summed E-state index contributed by atoms with van der Waals surface area (Å²) >= 11 is 20.3. The van der Waals surface area contributed by atoms with Gasteiger partial charge in [0.1, 0.15) is 11.4 Å². The summed E-state index contributed by atoms with van der Waals surface area (Å²) < 4.78 is 119. The van der Waals surface area contributed by atoms with Crippen molar-refractivity contribution in [2.45, 2.75) is 34.7 Å². The molecule has 3 fully saturated rings. The Bertz CT molecular complexity index is 2270. The molecule has 4 aliphatic rings. The molecule has 0 radical (unpaired) electrons. The number of carbonyl (C=O) groups is 4. The van der Waals surface area contributed by atoms with Gasteiger partial charge in [-0.3, -0.25) is 24.2 Å². The number of carbonyl (C=O) groups excluding carboxylic acids is 4. The zero-order valence-corrected chi connectivity index (χ0v) is 29.9. The number of alkyl halides is 5. The van der Waals surface area contributed by atoms with Crippen LogP contribution >= 0.6 is 34.8 Å². The molecule has 6 atom stereocenters. The van der Waals surface area contributed by atoms with Gasteiger partial charge in [0.2, 0.25) is 5.82 Å². The molecule has 290 valence electrons. The van der Waals surface area contributed by atoms with Crippen LogP contribution in [0.4, 0.5) is 46.6 Å². The number of hydrogen-bond donors (Lipinski definition) is 1. The Hall–Kier alpha value is -4.68. The molecule has 0 bridgehead atoms. The first-order valence-electron chi connectivity index (χ1n) is 15.8. The van der Waals surface area contributed by atoms with Crippen LogP contribution in [0.3, 0.4) is 0 Å². The number of benzene rings is 2. The number of imide groups is 2. The van der Waals surface area contributed by atoms with Gasteiger partial charge in [-0.15, -0.1) is 23.2 Å². The molecule has 21 heteroatoms. The van der Waals surface area contributed by atoms with Gasteiger partial charge < -0.3 is 9.84 Å². The average molecular weight is 840 g/mol. The quantitative estimate of drug-likeness (QED) is 0.0747. The van der Waals surface area contributed by atoms with E-state index in [-0.39, 0.29) is 33.2 Å². The van der Waals surface area contributed by atoms with E-state index in [9.17, 15) is 50.6 Å². The Morgan fingerprint density at radius 2 is 1.53 bits per heavy atom. The lowest BCUT2D eigenvalue weighted by molar-refractivity contribution is -0.141. The zero-order valence-electron chi connectivity index (χ0n) is 27.6. The van der Waals surface area contributed by atoms with Crippen LogP contribution in [0.15, 0.2) is 42.0 Å². The minimum atomic E-state index is -4.95. The summed E-state index contributed by atoms with van der Waals surface area (Å²) in [4.78, 5) is 54.3. The maximum absolute atomic E-state index is 15.3. The predicted molar refractivity (Wildman–Crippen MR) is 176 cm³/mol. The van der Waals surface area contributed by atoms with Crippen LogP contribution in [0.1, 0.15) is 30.0 Å². The Kier molecular flexibility index (Phi) is 8.89. The van der Waals surface area contributed by atoms with Crippen molar-refractivity contribution in [1.82, 2.24) is 9.99 Å². The molecule has 10 nitrogen and oxygen atoms in total. The number of anilines is 2. The van der Waals surface area contributed by atoms with Crippen molar-refractivity contribution in [3.05, 3.63) is 87.3 Å². The highest BCUT2D eigenvalue weighted by Gasteiger charge is 2.77. The molecule has 7 rings (SSSR count). The highest BCUT2D eigenvalue weighted by molar-refractivity contribution is 6.58. The molecular formula is C34H21Cl3F8N4O6. The first kappa shape index (κ1) is 38.6. The van der Waals surface area contributed by atoms with E-state index in [2.05, 4.69) is 4.98 Å². The molecule has 4 amide bonds. The third kappa shape index (κ3) is 5.09. The van der Waals surface area contributed by atoms with Gasteiger partial charge in [-0.2, -0.15) is 18.2 Å². The minimum absolute atomic E-state index is 0.00244. The number of methoxy groups -OCH3 is 1. The largest absolute Gasteiger partial charge is 0.504 e. The molecule has 55 heavy (non-hydrogen) atoms. The fraction of sp³-hybridized carbons (Fsp3) is 0.324. The van der Waals surface area contributed by atoms with Gasteiger partial charge in [0.15, 0.2) is 50.3 Å². The number of rotatable bonds is 5. The van der Waals surface area contributed by atoms with E-state index in [1.807, 2.05) is 0 Å². The molecule has 1 N–H and O–H groups in total. The molecule has 1 saturated carbocycles. The molecular weight excluding hydrogens is 819 g/mol. The molecule has 2 aliphatic heterocycles. The van der Waals surface area contributed by atoms with Gasteiger partial charge >= 0.3 is 6.18 Å². The van der Waals surface area contributed by atoms with E-state index in [0.29, 0.717) is 16.1 Å². The summed E-state index contributed by atoms with van der Waals surface area (Å²) in [6.45, 7) is 0. The molecule has 2 saturated heterocycles. The number of phenolic OH excluding ortho intramolecular Hbond substituents is 1. The number of aromatic nitrogens is 1. The third-order valence-corrected chi connectivity index (χ3v) is 12.2. The fourth-order valence-corrected chi connectivity index (χ4v) is 9.19. The number of hydrazine groups is 1. The van der Waals surface area contributed by atoms with E-state index >= 15 is 8.78 Å². The first-order chi connectivity index (χ1) is 25.6. The average Bonchev–Trinajstić information content (AvgIpc) is 3.47. The van der Waals surface area contributed by atoms with Gasteiger partial charge in [0, 0.05) is 18.5 Å². The van der Waals surface area contributed by atoms with Gasteiger partial charge in [-0.25, -0.2) is 31.8 Å². The highest BCUT2D eigenvalue weighted by Crippen LogP contribution is 2.67. The van der Waals surface area contributed by atoms with E-state index in [4.69, 9.17) is 39.5 Å². The minimum Gasteiger partial charge on any atom is -0.504 e. The summed E-state index contributed by atoms with van der Waals surface area (Å²) in [6.07, 6.45) is -4.77. The number of amides is 4. The molecule has 2 aliphatic carbocycles. The van der Waals surface area contributed by atoms with Crippen molar-refractivity contribution in [3.63, 3.8) is 0 Å². The zero-order chi connectivity index (χ0) is 40.4. The maximum Gasteiger partial charge on any atom is 0.433 e. The molecule has 0 spiro atoms.